The van der Waals surface area contributed by atoms with Gasteiger partial charge >= 0.3 is 0 Å². The molecule has 0 bridgehead atoms. The Balaban J connectivity index is 1.45. The molecule has 0 unspecified atom stereocenters. The molecule has 8 nitrogen and oxygen atoms in total. The molecule has 32 heavy (non-hydrogen) atoms. The summed E-state index contributed by atoms with van der Waals surface area (Å²) in [6.07, 6.45) is 2.35. The molecule has 1 aliphatic rings. The highest BCUT2D eigenvalue weighted by atomic mass is 32.2. The number of fused-ring (bicyclic) bond motifs is 1. The number of sulfonamides is 1. The van der Waals surface area contributed by atoms with Gasteiger partial charge < -0.3 is 14.6 Å². The maximum absolute atomic E-state index is 13.0. The van der Waals surface area contributed by atoms with Crippen molar-refractivity contribution in [3.63, 3.8) is 0 Å². The Kier molecular flexibility index (Phi) is 6.11. The van der Waals surface area contributed by atoms with Crippen LogP contribution in [0.3, 0.4) is 0 Å². The molecule has 0 spiro atoms. The summed E-state index contributed by atoms with van der Waals surface area (Å²) in [5.74, 6) is -0.388. The zero-order chi connectivity index (χ0) is 22.7. The van der Waals surface area contributed by atoms with Gasteiger partial charge in [0.1, 0.15) is 6.04 Å². The fourth-order valence-corrected chi connectivity index (χ4v) is 4.32. The van der Waals surface area contributed by atoms with Crippen molar-refractivity contribution in [2.24, 2.45) is 5.14 Å². The van der Waals surface area contributed by atoms with Crippen molar-refractivity contribution < 1.29 is 22.4 Å². The lowest BCUT2D eigenvalue weighted by Crippen LogP contribution is -2.52. The lowest BCUT2D eigenvalue weighted by atomic mass is 9.93. The van der Waals surface area contributed by atoms with E-state index in [4.69, 9.17) is 9.56 Å². The summed E-state index contributed by atoms with van der Waals surface area (Å²) in [7, 11) is -3.74. The van der Waals surface area contributed by atoms with Crippen LogP contribution in [0.25, 0.3) is 0 Å². The van der Waals surface area contributed by atoms with E-state index in [-0.39, 0.29) is 22.5 Å². The normalized spacial score (nSPS) is 15.8. The van der Waals surface area contributed by atoms with Crippen molar-refractivity contribution in [3.05, 3.63) is 89.4 Å². The fourth-order valence-electron chi connectivity index (χ4n) is 3.81. The lowest BCUT2D eigenvalue weighted by molar-refractivity contribution is -0.126. The standard InChI is InChI=1S/C23H23N3O5S/c24-32(29,30)19-9-7-16(8-10-19)11-12-25-22(27)20-14-17-4-1-2-5-18(17)15-26(20)23(28)21-6-3-13-31-21/h1-10,13,20H,11-12,14-15H2,(H,25,27)(H2,24,29,30)/t20-/m1/s1. The van der Waals surface area contributed by atoms with E-state index < -0.39 is 16.1 Å². The summed E-state index contributed by atoms with van der Waals surface area (Å²) < 4.78 is 28.0. The molecule has 0 saturated heterocycles. The predicted octanol–water partition coefficient (Wildman–Crippen LogP) is 1.85. The van der Waals surface area contributed by atoms with Crippen molar-refractivity contribution in [1.82, 2.24) is 10.2 Å². The highest BCUT2D eigenvalue weighted by Gasteiger charge is 2.35. The van der Waals surface area contributed by atoms with Crippen LogP contribution >= 0.6 is 0 Å². The van der Waals surface area contributed by atoms with E-state index in [1.165, 1.54) is 23.3 Å². The Bertz CT molecular complexity index is 1220. The smallest absolute Gasteiger partial charge is 0.290 e. The summed E-state index contributed by atoms with van der Waals surface area (Å²) in [6, 6.07) is 16.5. The molecule has 9 heteroatoms. The zero-order valence-electron chi connectivity index (χ0n) is 17.2. The van der Waals surface area contributed by atoms with Crippen LogP contribution in [0.5, 0.6) is 0 Å². The first-order valence-electron chi connectivity index (χ1n) is 10.1. The molecule has 1 atom stereocenters. The Hall–Kier alpha value is -3.43. The average molecular weight is 454 g/mol. The molecule has 2 heterocycles. The van der Waals surface area contributed by atoms with Crippen LogP contribution in [0.4, 0.5) is 0 Å². The van der Waals surface area contributed by atoms with Gasteiger partial charge in [0.2, 0.25) is 15.9 Å². The van der Waals surface area contributed by atoms with Crippen molar-refractivity contribution in [1.29, 1.82) is 0 Å². The SMILES string of the molecule is NS(=O)(=O)c1ccc(CCNC(=O)[C@H]2Cc3ccccc3CN2C(=O)c2ccco2)cc1. The van der Waals surface area contributed by atoms with Crippen molar-refractivity contribution in [2.75, 3.05) is 6.54 Å². The van der Waals surface area contributed by atoms with Crippen LogP contribution < -0.4 is 10.5 Å². The second-order valence-electron chi connectivity index (χ2n) is 7.63. The maximum Gasteiger partial charge on any atom is 0.290 e. The van der Waals surface area contributed by atoms with Gasteiger partial charge in [0.25, 0.3) is 5.91 Å². The number of furan rings is 1. The molecule has 1 aliphatic heterocycles. The molecule has 0 radical (unpaired) electrons. The number of carbonyl (C=O) groups is 2. The number of nitrogens with one attached hydrogen (secondary N) is 1. The van der Waals surface area contributed by atoms with Crippen LogP contribution in [0.1, 0.15) is 27.2 Å². The molecule has 0 aliphatic carbocycles. The van der Waals surface area contributed by atoms with Gasteiger partial charge in [-0.25, -0.2) is 13.6 Å². The number of hydrogen-bond donors (Lipinski definition) is 2. The Morgan fingerprint density at radius 2 is 1.75 bits per heavy atom. The number of rotatable bonds is 6. The molecule has 2 amide bonds. The first-order valence-corrected chi connectivity index (χ1v) is 11.7. The summed E-state index contributed by atoms with van der Waals surface area (Å²) in [5.41, 5.74) is 2.90. The number of nitrogens with zero attached hydrogens (tertiary/aromatic N) is 1. The minimum absolute atomic E-state index is 0.0400. The average Bonchev–Trinajstić information content (AvgIpc) is 3.32. The molecule has 1 aromatic heterocycles. The summed E-state index contributed by atoms with van der Waals surface area (Å²) >= 11 is 0. The second-order valence-corrected chi connectivity index (χ2v) is 9.19. The van der Waals surface area contributed by atoms with Gasteiger partial charge in [0, 0.05) is 19.5 Å². The highest BCUT2D eigenvalue weighted by molar-refractivity contribution is 7.89. The van der Waals surface area contributed by atoms with Gasteiger partial charge in [-0.1, -0.05) is 36.4 Å². The number of primary sulfonamides is 1. The number of carbonyl (C=O) groups excluding carboxylic acids is 2. The van der Waals surface area contributed by atoms with Gasteiger partial charge in [-0.15, -0.1) is 0 Å². The largest absolute Gasteiger partial charge is 0.459 e. The van der Waals surface area contributed by atoms with E-state index >= 15 is 0 Å². The Morgan fingerprint density at radius 3 is 2.41 bits per heavy atom. The van der Waals surface area contributed by atoms with Gasteiger partial charge in [-0.2, -0.15) is 0 Å². The zero-order valence-corrected chi connectivity index (χ0v) is 18.0. The first kappa shape index (κ1) is 21.8. The van der Waals surface area contributed by atoms with E-state index in [1.807, 2.05) is 24.3 Å². The van der Waals surface area contributed by atoms with E-state index in [1.54, 1.807) is 24.3 Å². The second kappa shape index (κ2) is 8.97. The van der Waals surface area contributed by atoms with Crippen LogP contribution in [0.15, 0.2) is 76.2 Å². The van der Waals surface area contributed by atoms with E-state index in [9.17, 15) is 18.0 Å². The van der Waals surface area contributed by atoms with E-state index in [0.29, 0.717) is 25.9 Å². The summed E-state index contributed by atoms with van der Waals surface area (Å²) in [5, 5.41) is 8.01. The Morgan fingerprint density at radius 1 is 1.03 bits per heavy atom. The summed E-state index contributed by atoms with van der Waals surface area (Å²) in [4.78, 5) is 27.6. The topological polar surface area (TPSA) is 123 Å². The third-order valence-electron chi connectivity index (χ3n) is 5.51. The molecule has 3 N–H and O–H groups in total. The fraction of sp³-hybridized carbons (Fsp3) is 0.217. The molecular weight excluding hydrogens is 430 g/mol. The van der Waals surface area contributed by atoms with Gasteiger partial charge in [0.05, 0.1) is 11.2 Å². The third kappa shape index (κ3) is 4.74. The monoisotopic (exact) mass is 453 g/mol. The summed E-state index contributed by atoms with van der Waals surface area (Å²) in [6.45, 7) is 0.664. The van der Waals surface area contributed by atoms with Crippen LogP contribution in [-0.4, -0.2) is 37.7 Å². The minimum atomic E-state index is -3.74. The third-order valence-corrected chi connectivity index (χ3v) is 6.44. The number of nitrogens with two attached hydrogens (primary N) is 1. The maximum atomic E-state index is 13.0. The highest BCUT2D eigenvalue weighted by Crippen LogP contribution is 2.25. The molecular formula is C23H23N3O5S. The Labute approximate surface area is 186 Å². The number of amides is 2. The van der Waals surface area contributed by atoms with Crippen molar-refractivity contribution in [2.45, 2.75) is 30.3 Å². The van der Waals surface area contributed by atoms with Crippen LogP contribution in [0, 0.1) is 0 Å². The van der Waals surface area contributed by atoms with Gasteiger partial charge in [-0.05, 0) is 47.4 Å². The molecule has 166 valence electrons. The van der Waals surface area contributed by atoms with E-state index in [0.717, 1.165) is 16.7 Å². The van der Waals surface area contributed by atoms with Gasteiger partial charge in [0.15, 0.2) is 5.76 Å². The first-order chi connectivity index (χ1) is 15.3. The predicted molar refractivity (Wildman–Crippen MR) is 117 cm³/mol. The quantitative estimate of drug-likeness (QED) is 0.590. The molecule has 3 aromatic rings. The van der Waals surface area contributed by atoms with Crippen molar-refractivity contribution in [3.8, 4) is 0 Å². The lowest BCUT2D eigenvalue weighted by Gasteiger charge is -2.35. The van der Waals surface area contributed by atoms with Crippen LogP contribution in [0.2, 0.25) is 0 Å². The number of benzene rings is 2. The molecule has 4 rings (SSSR count). The van der Waals surface area contributed by atoms with Crippen molar-refractivity contribution >= 4 is 21.8 Å². The molecule has 0 saturated carbocycles. The minimum Gasteiger partial charge on any atom is -0.459 e. The van der Waals surface area contributed by atoms with Gasteiger partial charge in [-0.3, -0.25) is 9.59 Å². The van der Waals surface area contributed by atoms with Crippen LogP contribution in [-0.2, 0) is 34.2 Å². The molecule has 2 aromatic carbocycles. The number of hydrogen-bond acceptors (Lipinski definition) is 5. The molecule has 0 fully saturated rings. The van der Waals surface area contributed by atoms with E-state index in [2.05, 4.69) is 5.32 Å².